The zero-order chi connectivity index (χ0) is 14.6. The van der Waals surface area contributed by atoms with Gasteiger partial charge in [0.1, 0.15) is 12.4 Å². The van der Waals surface area contributed by atoms with Crippen molar-refractivity contribution in [3.63, 3.8) is 0 Å². The van der Waals surface area contributed by atoms with E-state index in [0.717, 1.165) is 0 Å². The van der Waals surface area contributed by atoms with Crippen molar-refractivity contribution in [2.24, 2.45) is 0 Å². The van der Waals surface area contributed by atoms with Crippen LogP contribution in [-0.4, -0.2) is 33.5 Å². The zero-order valence-corrected chi connectivity index (χ0v) is 9.75. The number of alkyl halides is 3. The van der Waals surface area contributed by atoms with Crippen molar-refractivity contribution in [3.05, 3.63) is 22.5 Å². The molecule has 0 aliphatic heterocycles. The van der Waals surface area contributed by atoms with E-state index in [1.54, 1.807) is 0 Å². The molecule has 0 aliphatic rings. The smallest absolute Gasteiger partial charge is 0.411 e. The van der Waals surface area contributed by atoms with Crippen LogP contribution >= 0.6 is 0 Å². The summed E-state index contributed by atoms with van der Waals surface area (Å²) in [4.78, 5) is 20.6. The Morgan fingerprint density at radius 1 is 1.63 bits per heavy atom. The molecule has 10 heteroatoms. The fourth-order valence-electron chi connectivity index (χ4n) is 1.33. The van der Waals surface area contributed by atoms with Gasteiger partial charge in [0.25, 0.3) is 0 Å². The van der Waals surface area contributed by atoms with E-state index in [1.165, 1.54) is 6.92 Å². The third kappa shape index (κ3) is 3.93. The molecule has 7 nitrogen and oxygen atoms in total. The van der Waals surface area contributed by atoms with E-state index in [-0.39, 0.29) is 6.61 Å². The van der Waals surface area contributed by atoms with Crippen LogP contribution in [0, 0.1) is 10.1 Å². The van der Waals surface area contributed by atoms with Crippen LogP contribution < -0.4 is 0 Å². The van der Waals surface area contributed by atoms with Gasteiger partial charge in [-0.25, -0.2) is 0 Å². The third-order valence-corrected chi connectivity index (χ3v) is 2.16. The maximum Gasteiger partial charge on any atom is 0.411 e. The molecule has 0 radical (unpaired) electrons. The van der Waals surface area contributed by atoms with Crippen LogP contribution in [0.4, 0.5) is 18.9 Å². The van der Waals surface area contributed by atoms with Crippen molar-refractivity contribution in [1.29, 1.82) is 0 Å². The summed E-state index contributed by atoms with van der Waals surface area (Å²) in [6.07, 6.45) is -4.45. The normalized spacial score (nSPS) is 13.1. The van der Waals surface area contributed by atoms with Crippen molar-refractivity contribution in [3.8, 4) is 0 Å². The number of aromatic nitrogens is 2. The third-order valence-electron chi connectivity index (χ3n) is 2.16. The Balaban J connectivity index is 2.96. The fourth-order valence-corrected chi connectivity index (χ4v) is 1.33. The minimum atomic E-state index is -4.77. The van der Waals surface area contributed by atoms with Crippen LogP contribution in [0.1, 0.15) is 19.4 Å². The highest BCUT2D eigenvalue weighted by atomic mass is 19.4. The lowest BCUT2D eigenvalue weighted by atomic mass is 10.2. The Kier molecular flexibility index (Phi) is 4.46. The molecule has 0 spiro atoms. The first-order valence-electron chi connectivity index (χ1n) is 5.16. The molecule has 0 aliphatic carbocycles. The Hall–Kier alpha value is -2.13. The van der Waals surface area contributed by atoms with Crippen molar-refractivity contribution in [2.45, 2.75) is 25.6 Å². The van der Waals surface area contributed by atoms with Gasteiger partial charge in [-0.3, -0.25) is 19.6 Å². The summed E-state index contributed by atoms with van der Waals surface area (Å²) in [6.45, 7) is 1.40. The largest absolute Gasteiger partial charge is 0.466 e. The van der Waals surface area contributed by atoms with E-state index in [9.17, 15) is 28.1 Å². The quantitative estimate of drug-likeness (QED) is 0.467. The van der Waals surface area contributed by atoms with Crippen LogP contribution in [0.25, 0.3) is 0 Å². The van der Waals surface area contributed by atoms with Gasteiger partial charge in [-0.1, -0.05) is 0 Å². The minimum Gasteiger partial charge on any atom is -0.466 e. The molecular weight excluding hydrogens is 271 g/mol. The predicted octanol–water partition coefficient (Wildman–Crippen LogP) is 1.85. The number of hydrogen-bond acceptors (Lipinski definition) is 5. The summed E-state index contributed by atoms with van der Waals surface area (Å²) in [6, 6.07) is -2.29. The molecule has 1 aromatic rings. The first-order valence-corrected chi connectivity index (χ1v) is 5.16. The van der Waals surface area contributed by atoms with E-state index in [4.69, 9.17) is 0 Å². The predicted molar refractivity (Wildman–Crippen MR) is 55.2 cm³/mol. The molecule has 1 heterocycles. The number of carbonyl (C=O) groups excluding carboxylic acids is 1. The monoisotopic (exact) mass is 281 g/mol. The maximum atomic E-state index is 12.8. The van der Waals surface area contributed by atoms with Gasteiger partial charge in [-0.2, -0.15) is 18.3 Å². The number of rotatable bonds is 5. The summed E-state index contributed by atoms with van der Waals surface area (Å²) in [5.41, 5.74) is -0.585. The number of nitro groups is 1. The van der Waals surface area contributed by atoms with E-state index in [2.05, 4.69) is 9.84 Å². The van der Waals surface area contributed by atoms with Gasteiger partial charge in [-0.05, 0) is 6.92 Å². The molecule has 0 amide bonds. The van der Waals surface area contributed by atoms with Crippen molar-refractivity contribution < 1.29 is 27.6 Å². The lowest BCUT2D eigenvalue weighted by Gasteiger charge is -2.19. The highest BCUT2D eigenvalue weighted by Crippen LogP contribution is 2.33. The lowest BCUT2D eigenvalue weighted by Crippen LogP contribution is -2.29. The molecule has 0 saturated heterocycles. The highest BCUT2D eigenvalue weighted by molar-refractivity contribution is 5.70. The molecule has 19 heavy (non-hydrogen) atoms. The number of ether oxygens (including phenoxy) is 1. The Labute approximate surface area is 105 Å². The summed E-state index contributed by atoms with van der Waals surface area (Å²) < 4.78 is 43.1. The molecular formula is C9H10F3N3O4. The second-order valence-corrected chi connectivity index (χ2v) is 3.50. The fraction of sp³-hybridized carbons (Fsp3) is 0.556. The second-order valence-electron chi connectivity index (χ2n) is 3.50. The van der Waals surface area contributed by atoms with Crippen LogP contribution in [0.15, 0.2) is 12.4 Å². The highest BCUT2D eigenvalue weighted by Gasteiger charge is 2.43. The summed E-state index contributed by atoms with van der Waals surface area (Å²) in [5.74, 6) is -1.05. The number of nitrogens with zero attached hydrogens (tertiary/aromatic N) is 3. The van der Waals surface area contributed by atoms with E-state index >= 15 is 0 Å². The van der Waals surface area contributed by atoms with E-state index < -0.39 is 35.2 Å². The Bertz CT molecular complexity index is 472. The average molecular weight is 281 g/mol. The first kappa shape index (κ1) is 14.9. The number of esters is 1. The van der Waals surface area contributed by atoms with Crippen LogP contribution in [0.3, 0.4) is 0 Å². The van der Waals surface area contributed by atoms with Gasteiger partial charge in [-0.15, -0.1) is 0 Å². The van der Waals surface area contributed by atoms with Crippen molar-refractivity contribution in [2.75, 3.05) is 6.61 Å². The maximum absolute atomic E-state index is 12.8. The van der Waals surface area contributed by atoms with Gasteiger partial charge in [0, 0.05) is 0 Å². The summed E-state index contributed by atoms with van der Waals surface area (Å²) >= 11 is 0. The SMILES string of the molecule is CCOC(=O)CC(n1cc([N+](=O)[O-])cn1)C(F)(F)F. The van der Waals surface area contributed by atoms with Gasteiger partial charge in [0.2, 0.25) is 0 Å². The van der Waals surface area contributed by atoms with Gasteiger partial charge in [0.05, 0.1) is 18.0 Å². The molecule has 0 saturated carbocycles. The first-order chi connectivity index (χ1) is 8.75. The average Bonchev–Trinajstić information content (AvgIpc) is 2.73. The van der Waals surface area contributed by atoms with Crippen molar-refractivity contribution >= 4 is 11.7 Å². The molecule has 0 fully saturated rings. The Morgan fingerprint density at radius 3 is 2.68 bits per heavy atom. The van der Waals surface area contributed by atoms with Crippen LogP contribution in [0.5, 0.6) is 0 Å². The van der Waals surface area contributed by atoms with Crippen LogP contribution in [-0.2, 0) is 9.53 Å². The second kappa shape index (κ2) is 5.67. The molecule has 1 aromatic heterocycles. The lowest BCUT2D eigenvalue weighted by molar-refractivity contribution is -0.385. The number of halogens is 3. The molecule has 106 valence electrons. The van der Waals surface area contributed by atoms with Gasteiger partial charge < -0.3 is 4.74 Å². The molecule has 0 N–H and O–H groups in total. The number of hydrogen-bond donors (Lipinski definition) is 0. The molecule has 0 bridgehead atoms. The van der Waals surface area contributed by atoms with E-state index in [0.29, 0.717) is 17.1 Å². The standard InChI is InChI=1S/C9H10F3N3O4/c1-2-19-8(16)3-7(9(10,11)12)14-5-6(4-13-14)15(17)18/h4-5,7H,2-3H2,1H3. The topological polar surface area (TPSA) is 87.3 Å². The summed E-state index contributed by atoms with van der Waals surface area (Å²) in [5, 5.41) is 13.7. The summed E-state index contributed by atoms with van der Waals surface area (Å²) in [7, 11) is 0. The molecule has 1 unspecified atom stereocenters. The van der Waals surface area contributed by atoms with Crippen LogP contribution in [0.2, 0.25) is 0 Å². The Morgan fingerprint density at radius 2 is 2.26 bits per heavy atom. The molecule has 1 rings (SSSR count). The number of carbonyl (C=O) groups is 1. The van der Waals surface area contributed by atoms with Gasteiger partial charge in [0.15, 0.2) is 6.04 Å². The van der Waals surface area contributed by atoms with Gasteiger partial charge >= 0.3 is 17.8 Å². The molecule has 1 atom stereocenters. The zero-order valence-electron chi connectivity index (χ0n) is 9.75. The minimum absolute atomic E-state index is 0.0529. The van der Waals surface area contributed by atoms with Crippen molar-refractivity contribution in [1.82, 2.24) is 9.78 Å². The molecule has 0 aromatic carbocycles. The van der Waals surface area contributed by atoms with E-state index in [1.807, 2.05) is 0 Å².